The normalized spacial score (nSPS) is 18.6. The second kappa shape index (κ2) is 6.46. The topological polar surface area (TPSA) is 65.4 Å². The lowest BCUT2D eigenvalue weighted by Crippen LogP contribution is -2.17. The number of rotatable bonds is 4. The predicted molar refractivity (Wildman–Crippen MR) is 114 cm³/mol. The van der Waals surface area contributed by atoms with Gasteiger partial charge in [-0.25, -0.2) is 8.42 Å². The fourth-order valence-corrected chi connectivity index (χ4v) is 5.18. The number of aromatic nitrogens is 1. The molecule has 1 atom stereocenters. The number of fused-ring (bicyclic) bond motifs is 2. The van der Waals surface area contributed by atoms with Crippen molar-refractivity contribution in [1.29, 1.82) is 0 Å². The van der Waals surface area contributed by atoms with Gasteiger partial charge in [0.1, 0.15) is 11.9 Å². The number of pyridine rings is 1. The summed E-state index contributed by atoms with van der Waals surface area (Å²) in [7, 11) is -1.42. The third kappa shape index (κ3) is 3.35. The smallest absolute Gasteiger partial charge is 0.258 e. The van der Waals surface area contributed by atoms with Crippen LogP contribution in [-0.2, 0) is 29.1 Å². The zero-order valence-electron chi connectivity index (χ0n) is 16.5. The third-order valence-electron chi connectivity index (χ3n) is 5.87. The summed E-state index contributed by atoms with van der Waals surface area (Å²) in [5.41, 5.74) is 3.54. The Kier molecular flexibility index (Phi) is 4.10. The van der Waals surface area contributed by atoms with E-state index in [1.54, 1.807) is 11.6 Å². The van der Waals surface area contributed by atoms with Crippen LogP contribution in [0.1, 0.15) is 24.0 Å². The van der Waals surface area contributed by atoms with Gasteiger partial charge in [0.05, 0.1) is 5.75 Å². The van der Waals surface area contributed by atoms with Crippen LogP contribution in [0.5, 0.6) is 5.75 Å². The molecular weight excluding hydrogens is 386 g/mol. The van der Waals surface area contributed by atoms with Crippen LogP contribution in [0.25, 0.3) is 21.9 Å². The molecule has 5 rings (SSSR count). The van der Waals surface area contributed by atoms with Crippen molar-refractivity contribution < 1.29 is 13.2 Å². The largest absolute Gasteiger partial charge is 0.489 e. The Morgan fingerprint density at radius 1 is 1.10 bits per heavy atom. The van der Waals surface area contributed by atoms with Crippen LogP contribution in [0.4, 0.5) is 0 Å². The van der Waals surface area contributed by atoms with E-state index in [-0.39, 0.29) is 17.4 Å². The molecule has 29 heavy (non-hydrogen) atoms. The average molecular weight is 410 g/mol. The molecule has 1 aromatic heterocycles. The van der Waals surface area contributed by atoms with Crippen LogP contribution in [0.3, 0.4) is 0 Å². The van der Waals surface area contributed by atoms with Gasteiger partial charge in [-0.05, 0) is 47.4 Å². The van der Waals surface area contributed by atoms with Gasteiger partial charge in [-0.3, -0.25) is 4.79 Å². The number of hydrogen-bond acceptors (Lipinski definition) is 4. The highest BCUT2D eigenvalue weighted by atomic mass is 32.2. The summed E-state index contributed by atoms with van der Waals surface area (Å²) in [6.45, 7) is 0. The molecule has 1 aliphatic carbocycles. The van der Waals surface area contributed by atoms with Gasteiger partial charge >= 0.3 is 0 Å². The second-order valence-corrected chi connectivity index (χ2v) is 10.5. The number of ether oxygens (including phenoxy) is 1. The third-order valence-corrected chi connectivity index (χ3v) is 6.73. The molecule has 2 aliphatic rings. The van der Waals surface area contributed by atoms with Crippen molar-refractivity contribution in [3.63, 3.8) is 0 Å². The van der Waals surface area contributed by atoms with E-state index in [2.05, 4.69) is 0 Å². The molecule has 1 saturated carbocycles. The molecule has 5 nitrogen and oxygen atoms in total. The van der Waals surface area contributed by atoms with Crippen molar-refractivity contribution in [2.45, 2.75) is 31.1 Å². The molecule has 3 aromatic rings. The zero-order chi connectivity index (χ0) is 20.3. The van der Waals surface area contributed by atoms with Crippen molar-refractivity contribution >= 4 is 20.6 Å². The Hall–Kier alpha value is -2.60. The summed E-state index contributed by atoms with van der Waals surface area (Å²) in [4.78, 5) is 12.6. The van der Waals surface area contributed by atoms with Gasteiger partial charge in [0, 0.05) is 42.4 Å². The molecule has 0 bridgehead atoms. The Morgan fingerprint density at radius 2 is 1.83 bits per heavy atom. The quantitative estimate of drug-likeness (QED) is 0.662. The van der Waals surface area contributed by atoms with Crippen molar-refractivity contribution in [2.75, 3.05) is 6.26 Å². The summed E-state index contributed by atoms with van der Waals surface area (Å²) >= 11 is 0. The van der Waals surface area contributed by atoms with Gasteiger partial charge in [0.25, 0.3) is 5.56 Å². The Balaban J connectivity index is 1.76. The van der Waals surface area contributed by atoms with E-state index in [0.717, 1.165) is 39.8 Å². The van der Waals surface area contributed by atoms with E-state index in [0.29, 0.717) is 11.3 Å². The number of sulfone groups is 1. The summed E-state index contributed by atoms with van der Waals surface area (Å²) in [5, 5.41) is 1.50. The molecule has 0 amide bonds. The number of hydrogen-bond donors (Lipinski definition) is 0. The van der Waals surface area contributed by atoms with E-state index < -0.39 is 9.84 Å². The van der Waals surface area contributed by atoms with Crippen molar-refractivity contribution in [3.05, 3.63) is 64.1 Å². The average Bonchev–Trinajstić information content (AvgIpc) is 3.42. The number of nitrogens with zero attached hydrogens (tertiary/aromatic N) is 1. The van der Waals surface area contributed by atoms with E-state index in [1.165, 1.54) is 19.1 Å². The van der Waals surface area contributed by atoms with Crippen LogP contribution in [0.2, 0.25) is 0 Å². The van der Waals surface area contributed by atoms with Crippen LogP contribution in [-0.4, -0.2) is 25.3 Å². The van der Waals surface area contributed by atoms with Crippen LogP contribution >= 0.6 is 0 Å². The Bertz CT molecular complexity index is 1300. The molecule has 0 spiro atoms. The van der Waals surface area contributed by atoms with Crippen molar-refractivity contribution in [2.24, 2.45) is 13.0 Å². The van der Waals surface area contributed by atoms with Gasteiger partial charge in [0.2, 0.25) is 0 Å². The first kappa shape index (κ1) is 18.4. The van der Waals surface area contributed by atoms with E-state index in [4.69, 9.17) is 4.74 Å². The summed E-state index contributed by atoms with van der Waals surface area (Å²) in [6, 6.07) is 11.4. The number of benzene rings is 2. The first-order valence-corrected chi connectivity index (χ1v) is 11.9. The maximum absolute atomic E-state index is 12.6. The lowest BCUT2D eigenvalue weighted by atomic mass is 9.95. The SMILES string of the molecule is Cn1cc(-c2cc(CS(C)(=O)=O)cc3c2OC(C2CC2)C3)c2ccccc2c1=O. The van der Waals surface area contributed by atoms with Gasteiger partial charge in [-0.2, -0.15) is 0 Å². The molecule has 0 radical (unpaired) electrons. The molecule has 2 aromatic carbocycles. The zero-order valence-corrected chi connectivity index (χ0v) is 17.3. The summed E-state index contributed by atoms with van der Waals surface area (Å²) < 4.78 is 31.9. The second-order valence-electron chi connectivity index (χ2n) is 8.40. The van der Waals surface area contributed by atoms with E-state index >= 15 is 0 Å². The minimum Gasteiger partial charge on any atom is -0.489 e. The highest BCUT2D eigenvalue weighted by Crippen LogP contribution is 2.47. The minimum atomic E-state index is -3.16. The number of aryl methyl sites for hydroxylation is 1. The fourth-order valence-electron chi connectivity index (χ4n) is 4.40. The molecule has 0 saturated heterocycles. The maximum atomic E-state index is 12.6. The van der Waals surface area contributed by atoms with Crippen molar-refractivity contribution in [3.8, 4) is 16.9 Å². The monoisotopic (exact) mass is 409 g/mol. The van der Waals surface area contributed by atoms with Crippen LogP contribution in [0, 0.1) is 5.92 Å². The van der Waals surface area contributed by atoms with Crippen LogP contribution < -0.4 is 10.3 Å². The molecule has 2 heterocycles. The van der Waals surface area contributed by atoms with Crippen molar-refractivity contribution in [1.82, 2.24) is 4.57 Å². The lowest BCUT2D eigenvalue weighted by molar-refractivity contribution is 0.208. The molecule has 1 fully saturated rings. The molecular formula is C23H23NO4S. The van der Waals surface area contributed by atoms with Gasteiger partial charge in [-0.1, -0.05) is 24.3 Å². The van der Waals surface area contributed by atoms with Gasteiger partial charge < -0.3 is 9.30 Å². The predicted octanol–water partition coefficient (Wildman–Crippen LogP) is 3.46. The minimum absolute atomic E-state index is 0.00886. The van der Waals surface area contributed by atoms with E-state index in [1.807, 2.05) is 42.6 Å². The molecule has 150 valence electrons. The van der Waals surface area contributed by atoms with Gasteiger partial charge in [-0.15, -0.1) is 0 Å². The van der Waals surface area contributed by atoms with E-state index in [9.17, 15) is 13.2 Å². The maximum Gasteiger partial charge on any atom is 0.258 e. The molecule has 6 heteroatoms. The lowest BCUT2D eigenvalue weighted by Gasteiger charge is -2.16. The Morgan fingerprint density at radius 3 is 2.52 bits per heavy atom. The highest BCUT2D eigenvalue weighted by Gasteiger charge is 2.38. The first-order chi connectivity index (χ1) is 13.8. The molecule has 1 unspecified atom stereocenters. The summed E-state index contributed by atoms with van der Waals surface area (Å²) in [6.07, 6.45) is 6.44. The summed E-state index contributed by atoms with van der Waals surface area (Å²) in [5.74, 6) is 1.42. The first-order valence-electron chi connectivity index (χ1n) is 9.89. The van der Waals surface area contributed by atoms with Crippen LogP contribution in [0.15, 0.2) is 47.4 Å². The van der Waals surface area contributed by atoms with Gasteiger partial charge in [0.15, 0.2) is 9.84 Å². The standard InChI is InChI=1S/C23H23NO4S/c1-24-12-20(17-5-3-4-6-18(17)23(24)25)19-10-14(13-29(2,26)27)9-16-11-21(15-7-8-15)28-22(16)19/h3-6,9-10,12,15,21H,7-8,11,13H2,1-2H3. The molecule has 0 N–H and O–H groups in total. The Labute approximate surface area is 169 Å². The molecule has 1 aliphatic heterocycles. The fraction of sp³-hybridized carbons (Fsp3) is 0.348. The highest BCUT2D eigenvalue weighted by molar-refractivity contribution is 7.89.